The van der Waals surface area contributed by atoms with Crippen molar-refractivity contribution in [3.8, 4) is 0 Å². The molecule has 0 spiro atoms. The fourth-order valence-electron chi connectivity index (χ4n) is 2.06. The standard InChI is InChI=1S/C11H16N4O/c1-2-8-11(16)14-6-7-15(8)9-4-3-5-13-10(9)12/h3-5,8H,2,6-7H2,1H3,(H2,12,13)(H,14,16). The van der Waals surface area contributed by atoms with E-state index in [1.54, 1.807) is 6.20 Å². The van der Waals surface area contributed by atoms with E-state index < -0.39 is 0 Å². The fourth-order valence-corrected chi connectivity index (χ4v) is 2.06. The third kappa shape index (κ3) is 1.80. The summed E-state index contributed by atoms with van der Waals surface area (Å²) < 4.78 is 0. The van der Waals surface area contributed by atoms with E-state index in [0.717, 1.165) is 18.7 Å². The second kappa shape index (κ2) is 4.38. The molecule has 1 aromatic heterocycles. The van der Waals surface area contributed by atoms with Gasteiger partial charge in [0, 0.05) is 19.3 Å². The van der Waals surface area contributed by atoms with Crippen LogP contribution in [0.3, 0.4) is 0 Å². The number of nitrogens with zero attached hydrogens (tertiary/aromatic N) is 2. The molecule has 2 heterocycles. The van der Waals surface area contributed by atoms with Gasteiger partial charge in [-0.1, -0.05) is 6.92 Å². The molecule has 0 radical (unpaired) electrons. The summed E-state index contributed by atoms with van der Waals surface area (Å²) in [6.45, 7) is 3.43. The minimum absolute atomic E-state index is 0.0667. The molecule has 1 fully saturated rings. The van der Waals surface area contributed by atoms with E-state index in [-0.39, 0.29) is 11.9 Å². The van der Waals surface area contributed by atoms with Gasteiger partial charge < -0.3 is 16.0 Å². The van der Waals surface area contributed by atoms with Crippen molar-refractivity contribution in [1.29, 1.82) is 0 Å². The number of nitrogen functional groups attached to an aromatic ring is 1. The molecule has 3 N–H and O–H groups in total. The molecule has 0 bridgehead atoms. The van der Waals surface area contributed by atoms with Crippen molar-refractivity contribution >= 4 is 17.4 Å². The van der Waals surface area contributed by atoms with Crippen molar-refractivity contribution in [3.63, 3.8) is 0 Å². The Labute approximate surface area is 94.6 Å². The molecule has 1 aliphatic rings. The third-order valence-corrected chi connectivity index (χ3v) is 2.84. The number of piperazine rings is 1. The van der Waals surface area contributed by atoms with Crippen LogP contribution in [0.25, 0.3) is 0 Å². The summed E-state index contributed by atoms with van der Waals surface area (Å²) in [5, 5.41) is 2.86. The largest absolute Gasteiger partial charge is 0.382 e. The fraction of sp³-hybridized carbons (Fsp3) is 0.455. The van der Waals surface area contributed by atoms with Crippen LogP contribution in [0.5, 0.6) is 0 Å². The number of carbonyl (C=O) groups is 1. The lowest BCUT2D eigenvalue weighted by molar-refractivity contribution is -0.123. The summed E-state index contributed by atoms with van der Waals surface area (Å²) in [6.07, 6.45) is 2.42. The Morgan fingerprint density at radius 2 is 2.50 bits per heavy atom. The van der Waals surface area contributed by atoms with E-state index in [1.165, 1.54) is 0 Å². The van der Waals surface area contributed by atoms with Crippen molar-refractivity contribution in [2.24, 2.45) is 0 Å². The maximum absolute atomic E-state index is 11.7. The molecule has 0 saturated carbocycles. The van der Waals surface area contributed by atoms with Crippen molar-refractivity contribution in [3.05, 3.63) is 18.3 Å². The Hall–Kier alpha value is -1.78. The van der Waals surface area contributed by atoms with Gasteiger partial charge in [-0.2, -0.15) is 0 Å². The van der Waals surface area contributed by atoms with Gasteiger partial charge >= 0.3 is 0 Å². The maximum atomic E-state index is 11.7. The zero-order valence-corrected chi connectivity index (χ0v) is 9.31. The Bertz CT molecular complexity index is 393. The molecule has 1 saturated heterocycles. The minimum atomic E-state index is -0.139. The third-order valence-electron chi connectivity index (χ3n) is 2.84. The molecule has 86 valence electrons. The average Bonchev–Trinajstić information content (AvgIpc) is 2.29. The highest BCUT2D eigenvalue weighted by Crippen LogP contribution is 2.24. The van der Waals surface area contributed by atoms with Gasteiger partial charge in [0.1, 0.15) is 11.9 Å². The molecule has 2 rings (SSSR count). The SMILES string of the molecule is CCC1C(=O)NCCN1c1cccnc1N. The Balaban J connectivity index is 2.31. The predicted octanol–water partition coefficient (Wildman–Crippen LogP) is 0.379. The minimum Gasteiger partial charge on any atom is -0.382 e. The first-order valence-electron chi connectivity index (χ1n) is 5.49. The zero-order chi connectivity index (χ0) is 11.5. The smallest absolute Gasteiger partial charge is 0.242 e. The monoisotopic (exact) mass is 220 g/mol. The number of hydrogen-bond acceptors (Lipinski definition) is 4. The molecule has 1 amide bonds. The van der Waals surface area contributed by atoms with Gasteiger partial charge in [0.25, 0.3) is 0 Å². The van der Waals surface area contributed by atoms with Crippen molar-refractivity contribution in [2.75, 3.05) is 23.7 Å². The average molecular weight is 220 g/mol. The number of hydrogen-bond donors (Lipinski definition) is 2. The molecule has 5 nitrogen and oxygen atoms in total. The van der Waals surface area contributed by atoms with E-state index in [9.17, 15) is 4.79 Å². The molecule has 1 atom stereocenters. The molecule has 5 heteroatoms. The number of nitrogens with one attached hydrogen (secondary N) is 1. The van der Waals surface area contributed by atoms with Crippen LogP contribution < -0.4 is 16.0 Å². The molecular formula is C11H16N4O. The van der Waals surface area contributed by atoms with E-state index in [1.807, 2.05) is 24.0 Å². The van der Waals surface area contributed by atoms with E-state index in [4.69, 9.17) is 5.73 Å². The predicted molar refractivity (Wildman–Crippen MR) is 63.1 cm³/mol. The number of nitrogens with two attached hydrogens (primary N) is 1. The van der Waals surface area contributed by atoms with Gasteiger partial charge in [0.2, 0.25) is 5.91 Å². The Morgan fingerprint density at radius 3 is 3.19 bits per heavy atom. The number of pyridine rings is 1. The molecule has 0 aromatic carbocycles. The normalized spacial score (nSPS) is 20.7. The number of aromatic nitrogens is 1. The van der Waals surface area contributed by atoms with Crippen LogP contribution in [0.15, 0.2) is 18.3 Å². The van der Waals surface area contributed by atoms with Gasteiger partial charge in [0.05, 0.1) is 5.69 Å². The molecule has 16 heavy (non-hydrogen) atoms. The van der Waals surface area contributed by atoms with Crippen LogP contribution in [0.4, 0.5) is 11.5 Å². The van der Waals surface area contributed by atoms with Crippen LogP contribution in [0.2, 0.25) is 0 Å². The highest BCUT2D eigenvalue weighted by Gasteiger charge is 2.29. The number of amides is 1. The second-order valence-corrected chi connectivity index (χ2v) is 3.82. The lowest BCUT2D eigenvalue weighted by atomic mass is 10.1. The van der Waals surface area contributed by atoms with Crippen LogP contribution in [-0.4, -0.2) is 30.0 Å². The van der Waals surface area contributed by atoms with E-state index >= 15 is 0 Å². The molecule has 1 aliphatic heterocycles. The number of carbonyl (C=O) groups excluding carboxylic acids is 1. The van der Waals surface area contributed by atoms with Gasteiger partial charge in [0.15, 0.2) is 0 Å². The molecular weight excluding hydrogens is 204 g/mol. The van der Waals surface area contributed by atoms with Crippen LogP contribution in [0, 0.1) is 0 Å². The molecule has 1 unspecified atom stereocenters. The molecule has 1 aromatic rings. The highest BCUT2D eigenvalue weighted by atomic mass is 16.2. The van der Waals surface area contributed by atoms with Gasteiger partial charge in [-0.25, -0.2) is 4.98 Å². The first kappa shape index (κ1) is 10.7. The van der Waals surface area contributed by atoms with Crippen molar-refractivity contribution < 1.29 is 4.79 Å². The topological polar surface area (TPSA) is 71.2 Å². The van der Waals surface area contributed by atoms with E-state index in [0.29, 0.717) is 12.4 Å². The summed E-state index contributed by atoms with van der Waals surface area (Å²) in [7, 11) is 0. The summed E-state index contributed by atoms with van der Waals surface area (Å²) in [4.78, 5) is 17.8. The van der Waals surface area contributed by atoms with Crippen molar-refractivity contribution in [2.45, 2.75) is 19.4 Å². The first-order valence-corrected chi connectivity index (χ1v) is 5.49. The lowest BCUT2D eigenvalue weighted by Gasteiger charge is -2.36. The van der Waals surface area contributed by atoms with Gasteiger partial charge in [-0.05, 0) is 18.6 Å². The first-order chi connectivity index (χ1) is 7.74. The number of anilines is 2. The summed E-state index contributed by atoms with van der Waals surface area (Å²) >= 11 is 0. The Morgan fingerprint density at radius 1 is 1.69 bits per heavy atom. The Kier molecular flexibility index (Phi) is 2.94. The quantitative estimate of drug-likeness (QED) is 0.755. The zero-order valence-electron chi connectivity index (χ0n) is 9.31. The second-order valence-electron chi connectivity index (χ2n) is 3.82. The highest BCUT2D eigenvalue weighted by molar-refractivity contribution is 5.87. The number of rotatable bonds is 2. The lowest BCUT2D eigenvalue weighted by Crippen LogP contribution is -2.55. The van der Waals surface area contributed by atoms with Gasteiger partial charge in [-0.3, -0.25) is 4.79 Å². The maximum Gasteiger partial charge on any atom is 0.242 e. The van der Waals surface area contributed by atoms with Crippen LogP contribution >= 0.6 is 0 Å². The summed E-state index contributed by atoms with van der Waals surface area (Å²) in [6, 6.07) is 3.61. The van der Waals surface area contributed by atoms with Gasteiger partial charge in [-0.15, -0.1) is 0 Å². The summed E-state index contributed by atoms with van der Waals surface area (Å²) in [5.41, 5.74) is 6.68. The van der Waals surface area contributed by atoms with Crippen LogP contribution in [-0.2, 0) is 4.79 Å². The van der Waals surface area contributed by atoms with Crippen molar-refractivity contribution in [1.82, 2.24) is 10.3 Å². The summed E-state index contributed by atoms with van der Waals surface area (Å²) in [5.74, 6) is 0.549. The van der Waals surface area contributed by atoms with Crippen LogP contribution in [0.1, 0.15) is 13.3 Å². The van der Waals surface area contributed by atoms with E-state index in [2.05, 4.69) is 10.3 Å². The molecule has 0 aliphatic carbocycles.